The lowest BCUT2D eigenvalue weighted by Crippen LogP contribution is -2.53. The van der Waals surface area contributed by atoms with E-state index >= 15 is 0 Å². The molecule has 1 heterocycles. The second kappa shape index (κ2) is 4.96. The van der Waals surface area contributed by atoms with E-state index in [0.717, 1.165) is 25.7 Å². The maximum atomic E-state index is 10.9. The van der Waals surface area contributed by atoms with Crippen molar-refractivity contribution in [3.8, 4) is 6.07 Å². The van der Waals surface area contributed by atoms with Crippen molar-refractivity contribution >= 4 is 0 Å². The maximum Gasteiger partial charge on any atom is 0.0877 e. The molecule has 17 heavy (non-hydrogen) atoms. The molecule has 96 valence electrons. The Labute approximate surface area is 104 Å². The molecule has 0 aromatic heterocycles. The first kappa shape index (κ1) is 12.9. The number of nitriles is 1. The van der Waals surface area contributed by atoms with Crippen LogP contribution in [0.15, 0.2) is 0 Å². The van der Waals surface area contributed by atoms with E-state index in [-0.39, 0.29) is 0 Å². The van der Waals surface area contributed by atoms with Crippen LogP contribution in [0.4, 0.5) is 0 Å². The van der Waals surface area contributed by atoms with E-state index in [1.165, 1.54) is 6.42 Å². The van der Waals surface area contributed by atoms with E-state index < -0.39 is 11.0 Å². The predicted molar refractivity (Wildman–Crippen MR) is 65.3 cm³/mol. The molecule has 0 radical (unpaired) electrons. The second-order valence-electron chi connectivity index (χ2n) is 5.71. The highest BCUT2D eigenvalue weighted by atomic mass is 16.5. The van der Waals surface area contributed by atoms with Gasteiger partial charge in [-0.3, -0.25) is 0 Å². The second-order valence-corrected chi connectivity index (χ2v) is 5.71. The predicted octanol–water partition coefficient (Wildman–Crippen LogP) is 2.64. The van der Waals surface area contributed by atoms with Crippen LogP contribution in [0.2, 0.25) is 0 Å². The van der Waals surface area contributed by atoms with Crippen molar-refractivity contribution in [2.75, 3.05) is 13.2 Å². The van der Waals surface area contributed by atoms with E-state index in [0.29, 0.717) is 32.0 Å². The highest BCUT2D eigenvalue weighted by Gasteiger charge is 2.53. The summed E-state index contributed by atoms with van der Waals surface area (Å²) in [5.74, 6) is 0.607. The normalized spacial score (nSPS) is 37.4. The summed E-state index contributed by atoms with van der Waals surface area (Å²) in [6, 6.07) is 2.49. The molecule has 1 aliphatic carbocycles. The van der Waals surface area contributed by atoms with Gasteiger partial charge in [0, 0.05) is 26.1 Å². The summed E-state index contributed by atoms with van der Waals surface area (Å²) in [5.41, 5.74) is -1.33. The van der Waals surface area contributed by atoms with Crippen molar-refractivity contribution in [2.45, 2.75) is 57.5 Å². The van der Waals surface area contributed by atoms with Gasteiger partial charge < -0.3 is 9.84 Å². The minimum Gasteiger partial charge on any atom is -0.388 e. The van der Waals surface area contributed by atoms with Gasteiger partial charge in [0.25, 0.3) is 0 Å². The van der Waals surface area contributed by atoms with Gasteiger partial charge in [-0.15, -0.1) is 0 Å². The highest BCUT2D eigenvalue weighted by molar-refractivity contribution is 5.13. The molecule has 2 rings (SSSR count). The van der Waals surface area contributed by atoms with Gasteiger partial charge in [0.2, 0.25) is 0 Å². The summed E-state index contributed by atoms with van der Waals surface area (Å²) in [4.78, 5) is 0. The molecule has 0 amide bonds. The van der Waals surface area contributed by atoms with Gasteiger partial charge in [0.15, 0.2) is 0 Å². The average Bonchev–Trinajstić information content (AvgIpc) is 2.39. The third kappa shape index (κ3) is 2.21. The molecule has 0 spiro atoms. The summed E-state index contributed by atoms with van der Waals surface area (Å²) in [7, 11) is 0. The summed E-state index contributed by atoms with van der Waals surface area (Å²) >= 11 is 0. The number of aliphatic hydroxyl groups is 1. The van der Waals surface area contributed by atoms with Gasteiger partial charge in [-0.1, -0.05) is 26.2 Å². The molecule has 2 aliphatic rings. The Bertz CT molecular complexity index is 304. The fourth-order valence-electron chi connectivity index (χ4n) is 3.55. The SMILES string of the molecule is CCC1CCCC(C#N)(C2(O)CCOCC2)C1. The van der Waals surface area contributed by atoms with Gasteiger partial charge in [0.05, 0.1) is 17.1 Å². The Kier molecular flexibility index (Phi) is 3.75. The fraction of sp³-hybridized carbons (Fsp3) is 0.929. The van der Waals surface area contributed by atoms with Crippen LogP contribution in [0.25, 0.3) is 0 Å². The van der Waals surface area contributed by atoms with Crippen molar-refractivity contribution in [3.05, 3.63) is 0 Å². The molecule has 1 N–H and O–H groups in total. The van der Waals surface area contributed by atoms with E-state index in [4.69, 9.17) is 4.74 Å². The third-order valence-corrected chi connectivity index (χ3v) is 4.86. The number of ether oxygens (including phenoxy) is 1. The molecular formula is C14H23NO2. The summed E-state index contributed by atoms with van der Waals surface area (Å²) in [5, 5.41) is 20.5. The Balaban J connectivity index is 2.20. The lowest BCUT2D eigenvalue weighted by molar-refractivity contribution is -0.140. The van der Waals surface area contributed by atoms with Gasteiger partial charge in [-0.25, -0.2) is 0 Å². The zero-order valence-electron chi connectivity index (χ0n) is 10.7. The minimum atomic E-state index is -0.812. The zero-order valence-corrected chi connectivity index (χ0v) is 10.7. The molecule has 2 atom stereocenters. The summed E-state index contributed by atoms with van der Waals surface area (Å²) in [6.07, 6.45) is 6.39. The molecule has 2 unspecified atom stereocenters. The third-order valence-electron chi connectivity index (χ3n) is 4.86. The first-order valence-corrected chi connectivity index (χ1v) is 6.87. The van der Waals surface area contributed by atoms with Crippen LogP contribution in [-0.2, 0) is 4.74 Å². The average molecular weight is 237 g/mol. The van der Waals surface area contributed by atoms with Gasteiger partial charge in [0.1, 0.15) is 0 Å². The quantitative estimate of drug-likeness (QED) is 0.803. The molecule has 0 aromatic carbocycles. The van der Waals surface area contributed by atoms with Crippen LogP contribution in [-0.4, -0.2) is 23.9 Å². The minimum absolute atomic E-state index is 0.518. The molecule has 0 bridgehead atoms. The number of nitrogens with zero attached hydrogens (tertiary/aromatic N) is 1. The van der Waals surface area contributed by atoms with Crippen LogP contribution >= 0.6 is 0 Å². The number of rotatable bonds is 2. The van der Waals surface area contributed by atoms with Crippen molar-refractivity contribution < 1.29 is 9.84 Å². The maximum absolute atomic E-state index is 10.9. The molecule has 2 fully saturated rings. The van der Waals surface area contributed by atoms with Gasteiger partial charge in [-0.2, -0.15) is 5.26 Å². The Morgan fingerprint density at radius 1 is 1.35 bits per heavy atom. The lowest BCUT2D eigenvalue weighted by Gasteiger charge is -2.48. The summed E-state index contributed by atoms with van der Waals surface area (Å²) in [6.45, 7) is 3.37. The number of hydrogen-bond donors (Lipinski definition) is 1. The smallest absolute Gasteiger partial charge is 0.0877 e. The van der Waals surface area contributed by atoms with E-state index in [2.05, 4.69) is 13.0 Å². The van der Waals surface area contributed by atoms with Gasteiger partial charge >= 0.3 is 0 Å². The molecule has 1 aliphatic heterocycles. The zero-order chi connectivity index (χ0) is 12.4. The standard InChI is InChI=1S/C14H23NO2/c1-2-12-4-3-5-13(10-12,11-15)14(16)6-8-17-9-7-14/h12,16H,2-10H2,1H3. The molecule has 0 aromatic rings. The van der Waals surface area contributed by atoms with Crippen LogP contribution in [0.1, 0.15) is 51.9 Å². The monoisotopic (exact) mass is 237 g/mol. The molecule has 1 saturated carbocycles. The molecule has 3 nitrogen and oxygen atoms in total. The van der Waals surface area contributed by atoms with Crippen molar-refractivity contribution in [3.63, 3.8) is 0 Å². The van der Waals surface area contributed by atoms with Crippen molar-refractivity contribution in [1.29, 1.82) is 5.26 Å². The topological polar surface area (TPSA) is 53.2 Å². The highest BCUT2D eigenvalue weighted by Crippen LogP contribution is 2.50. The Hall–Kier alpha value is -0.590. The van der Waals surface area contributed by atoms with Crippen molar-refractivity contribution in [1.82, 2.24) is 0 Å². The largest absolute Gasteiger partial charge is 0.388 e. The Morgan fingerprint density at radius 2 is 2.06 bits per heavy atom. The Morgan fingerprint density at radius 3 is 2.65 bits per heavy atom. The molecule has 3 heteroatoms. The van der Waals surface area contributed by atoms with Crippen LogP contribution in [0.3, 0.4) is 0 Å². The van der Waals surface area contributed by atoms with Crippen LogP contribution in [0.5, 0.6) is 0 Å². The first-order chi connectivity index (χ1) is 8.16. The molecular weight excluding hydrogens is 214 g/mol. The van der Waals surface area contributed by atoms with Crippen molar-refractivity contribution in [2.24, 2.45) is 11.3 Å². The lowest BCUT2D eigenvalue weighted by atomic mass is 9.59. The summed E-state index contributed by atoms with van der Waals surface area (Å²) < 4.78 is 5.33. The van der Waals surface area contributed by atoms with Gasteiger partial charge in [-0.05, 0) is 18.8 Å². The number of hydrogen-bond acceptors (Lipinski definition) is 3. The molecule has 1 saturated heterocycles. The van der Waals surface area contributed by atoms with Crippen LogP contribution < -0.4 is 0 Å². The van der Waals surface area contributed by atoms with E-state index in [9.17, 15) is 10.4 Å². The van der Waals surface area contributed by atoms with E-state index in [1.807, 2.05) is 0 Å². The first-order valence-electron chi connectivity index (χ1n) is 6.87. The van der Waals surface area contributed by atoms with E-state index in [1.54, 1.807) is 0 Å². The fourth-order valence-corrected chi connectivity index (χ4v) is 3.55. The van der Waals surface area contributed by atoms with Crippen LogP contribution in [0, 0.1) is 22.7 Å².